The third kappa shape index (κ3) is 63.4. The van der Waals surface area contributed by atoms with E-state index in [1.165, 1.54) is 315 Å². The predicted molar refractivity (Wildman–Crippen MR) is 338 cm³/mol. The SMILES string of the molecule is CCCCCCCCCCCCCCCCC(O)C(CO)NC(=O)CCCCCCCCCCCCCCCCCCC/C=C\C/C=C\CCCCCCCCCCCCCOC(=O)CCCCCCCCCCCCC. The van der Waals surface area contributed by atoms with E-state index in [0.29, 0.717) is 25.9 Å². The van der Waals surface area contributed by atoms with Crippen molar-refractivity contribution in [2.24, 2.45) is 0 Å². The quantitative estimate of drug-likeness (QED) is 0.0320. The Hall–Kier alpha value is -1.66. The van der Waals surface area contributed by atoms with Crippen LogP contribution < -0.4 is 5.32 Å². The van der Waals surface area contributed by atoms with E-state index in [1.54, 1.807) is 0 Å². The molecule has 1 amide bonds. The average Bonchev–Trinajstić information content (AvgIpc) is 3.43. The first-order valence-electron chi connectivity index (χ1n) is 35.1. The van der Waals surface area contributed by atoms with Crippen LogP contribution in [0.1, 0.15) is 393 Å². The second-order valence-corrected chi connectivity index (χ2v) is 24.2. The molecule has 0 heterocycles. The molecule has 0 saturated heterocycles. The lowest BCUT2D eigenvalue weighted by atomic mass is 10.0. The number of rotatable bonds is 66. The van der Waals surface area contributed by atoms with Gasteiger partial charge in [-0.3, -0.25) is 9.59 Å². The van der Waals surface area contributed by atoms with Crippen LogP contribution in [0.2, 0.25) is 0 Å². The molecule has 0 bridgehead atoms. The second-order valence-electron chi connectivity index (χ2n) is 24.2. The minimum Gasteiger partial charge on any atom is -0.466 e. The fourth-order valence-corrected chi connectivity index (χ4v) is 11.1. The average molecular weight is 1080 g/mol. The molecule has 3 N–H and O–H groups in total. The first kappa shape index (κ1) is 75.3. The molecule has 0 aromatic heterocycles. The molecule has 0 aliphatic rings. The van der Waals surface area contributed by atoms with Crippen LogP contribution in [0, 0.1) is 0 Å². The van der Waals surface area contributed by atoms with Crippen LogP contribution in [-0.4, -0.2) is 47.4 Å². The van der Waals surface area contributed by atoms with E-state index in [2.05, 4.69) is 43.5 Å². The van der Waals surface area contributed by atoms with Gasteiger partial charge in [0.2, 0.25) is 5.91 Å². The minimum atomic E-state index is -0.662. The highest BCUT2D eigenvalue weighted by molar-refractivity contribution is 5.76. The molecule has 2 unspecified atom stereocenters. The van der Waals surface area contributed by atoms with E-state index in [-0.39, 0.29) is 18.5 Å². The van der Waals surface area contributed by atoms with Crippen LogP contribution in [0.3, 0.4) is 0 Å². The first-order valence-corrected chi connectivity index (χ1v) is 35.1. The van der Waals surface area contributed by atoms with E-state index in [4.69, 9.17) is 4.74 Å². The van der Waals surface area contributed by atoms with Crippen molar-refractivity contribution in [3.8, 4) is 0 Å². The van der Waals surface area contributed by atoms with Gasteiger partial charge in [-0.05, 0) is 57.8 Å². The Labute approximate surface area is 481 Å². The fraction of sp³-hybridized carbons (Fsp3) is 0.915. The van der Waals surface area contributed by atoms with Crippen LogP contribution in [0.25, 0.3) is 0 Å². The van der Waals surface area contributed by atoms with E-state index in [1.807, 2.05) is 0 Å². The number of esters is 1. The zero-order chi connectivity index (χ0) is 55.7. The van der Waals surface area contributed by atoms with Crippen molar-refractivity contribution in [3.63, 3.8) is 0 Å². The number of unbranched alkanes of at least 4 members (excludes halogenated alkanes) is 51. The summed E-state index contributed by atoms with van der Waals surface area (Å²) in [6.07, 6.45) is 83.8. The van der Waals surface area contributed by atoms with Gasteiger partial charge in [-0.1, -0.05) is 346 Å². The highest BCUT2D eigenvalue weighted by Crippen LogP contribution is 2.19. The highest BCUT2D eigenvalue weighted by atomic mass is 16.5. The van der Waals surface area contributed by atoms with Gasteiger partial charge in [0.25, 0.3) is 0 Å². The van der Waals surface area contributed by atoms with Crippen molar-refractivity contribution in [1.82, 2.24) is 5.32 Å². The number of ether oxygens (including phenoxy) is 1. The van der Waals surface area contributed by atoms with Crippen LogP contribution >= 0.6 is 0 Å². The van der Waals surface area contributed by atoms with Gasteiger partial charge < -0.3 is 20.3 Å². The minimum absolute atomic E-state index is 0.0169. The first-order chi connectivity index (χ1) is 38.0. The number of carbonyl (C=O) groups excluding carboxylic acids is 2. The summed E-state index contributed by atoms with van der Waals surface area (Å²) >= 11 is 0. The zero-order valence-electron chi connectivity index (χ0n) is 52.2. The Balaban J connectivity index is 3.36. The summed E-state index contributed by atoms with van der Waals surface area (Å²) in [5, 5.41) is 23.3. The normalized spacial score (nSPS) is 12.6. The number of hydrogen-bond donors (Lipinski definition) is 3. The summed E-state index contributed by atoms with van der Waals surface area (Å²) in [5.41, 5.74) is 0. The molecule has 6 nitrogen and oxygen atoms in total. The summed E-state index contributed by atoms with van der Waals surface area (Å²) in [6.45, 7) is 4.98. The van der Waals surface area contributed by atoms with E-state index in [9.17, 15) is 19.8 Å². The number of aliphatic hydroxyl groups excluding tert-OH is 2. The van der Waals surface area contributed by atoms with Crippen LogP contribution in [-0.2, 0) is 14.3 Å². The molecule has 0 aromatic carbocycles. The third-order valence-electron chi connectivity index (χ3n) is 16.5. The van der Waals surface area contributed by atoms with Crippen LogP contribution in [0.5, 0.6) is 0 Å². The summed E-state index contributed by atoms with van der Waals surface area (Å²) in [4.78, 5) is 24.5. The van der Waals surface area contributed by atoms with Crippen molar-refractivity contribution in [2.45, 2.75) is 405 Å². The third-order valence-corrected chi connectivity index (χ3v) is 16.5. The molecule has 0 radical (unpaired) electrons. The van der Waals surface area contributed by atoms with Crippen molar-refractivity contribution in [3.05, 3.63) is 24.3 Å². The summed E-state index contributed by atoms with van der Waals surface area (Å²) < 4.78 is 5.47. The van der Waals surface area contributed by atoms with Gasteiger partial charge in [0, 0.05) is 12.8 Å². The highest BCUT2D eigenvalue weighted by Gasteiger charge is 2.20. The molecule has 77 heavy (non-hydrogen) atoms. The largest absolute Gasteiger partial charge is 0.466 e. The van der Waals surface area contributed by atoms with Gasteiger partial charge >= 0.3 is 5.97 Å². The van der Waals surface area contributed by atoms with Crippen LogP contribution in [0.4, 0.5) is 0 Å². The maximum Gasteiger partial charge on any atom is 0.305 e. The number of hydrogen-bond acceptors (Lipinski definition) is 5. The maximum atomic E-state index is 12.5. The smallest absolute Gasteiger partial charge is 0.305 e. The molecule has 0 fully saturated rings. The number of carbonyl (C=O) groups is 2. The summed E-state index contributed by atoms with van der Waals surface area (Å²) in [7, 11) is 0. The molecule has 0 spiro atoms. The molecule has 6 heteroatoms. The molecular formula is C71H137NO5. The van der Waals surface area contributed by atoms with E-state index >= 15 is 0 Å². The Kier molecular flexibility index (Phi) is 65.4. The molecular weight excluding hydrogens is 947 g/mol. The Morgan fingerprint density at radius 3 is 0.987 bits per heavy atom. The monoisotopic (exact) mass is 1080 g/mol. The molecule has 0 aliphatic carbocycles. The molecule has 0 aliphatic heterocycles. The topological polar surface area (TPSA) is 95.9 Å². The lowest BCUT2D eigenvalue weighted by Crippen LogP contribution is -2.45. The Morgan fingerprint density at radius 1 is 0.364 bits per heavy atom. The maximum absolute atomic E-state index is 12.5. The Morgan fingerprint density at radius 2 is 0.649 bits per heavy atom. The number of nitrogens with one attached hydrogen (secondary N) is 1. The number of amides is 1. The van der Waals surface area contributed by atoms with Crippen molar-refractivity contribution in [1.29, 1.82) is 0 Å². The van der Waals surface area contributed by atoms with Crippen molar-refractivity contribution < 1.29 is 24.5 Å². The van der Waals surface area contributed by atoms with Gasteiger partial charge in [0.1, 0.15) is 0 Å². The van der Waals surface area contributed by atoms with Crippen molar-refractivity contribution >= 4 is 11.9 Å². The molecule has 456 valence electrons. The second kappa shape index (κ2) is 66.8. The molecule has 0 aromatic rings. The Bertz CT molecular complexity index is 1200. The predicted octanol–water partition coefficient (Wildman–Crippen LogP) is 22.5. The summed E-state index contributed by atoms with van der Waals surface area (Å²) in [6, 6.07) is -0.539. The molecule has 0 saturated carbocycles. The molecule has 0 rings (SSSR count). The van der Waals surface area contributed by atoms with Crippen molar-refractivity contribution in [2.75, 3.05) is 13.2 Å². The lowest BCUT2D eigenvalue weighted by Gasteiger charge is -2.22. The number of aliphatic hydroxyl groups is 2. The van der Waals surface area contributed by atoms with Crippen LogP contribution in [0.15, 0.2) is 24.3 Å². The van der Waals surface area contributed by atoms with E-state index < -0.39 is 12.1 Å². The van der Waals surface area contributed by atoms with Gasteiger partial charge in [0.15, 0.2) is 0 Å². The number of allylic oxidation sites excluding steroid dienone is 4. The van der Waals surface area contributed by atoms with Gasteiger partial charge in [-0.25, -0.2) is 0 Å². The standard InChI is InChI=1S/C71H137NO5/c1-3-5-7-9-11-13-15-16-40-44-47-51-55-59-63-69(74)68(67-73)72-70(75)64-60-56-52-48-45-41-38-36-34-32-30-28-26-24-22-20-18-17-19-21-23-25-27-29-31-33-35-37-39-42-46-50-54-58-62-66-77-71(76)65-61-57-53-49-43-14-12-10-8-6-4-2/h19,21,25,27,68-69,73-74H,3-18,20,22-24,26,28-67H2,1-2H3,(H,72,75)/b21-19-,27-25-. The van der Waals surface area contributed by atoms with Gasteiger partial charge in [0.05, 0.1) is 25.4 Å². The lowest BCUT2D eigenvalue weighted by molar-refractivity contribution is -0.143. The van der Waals surface area contributed by atoms with Gasteiger partial charge in [-0.2, -0.15) is 0 Å². The zero-order valence-corrected chi connectivity index (χ0v) is 52.2. The van der Waals surface area contributed by atoms with Gasteiger partial charge in [-0.15, -0.1) is 0 Å². The fourth-order valence-electron chi connectivity index (χ4n) is 11.1. The van der Waals surface area contributed by atoms with E-state index in [0.717, 1.165) is 44.9 Å². The summed E-state index contributed by atoms with van der Waals surface area (Å²) in [5.74, 6) is -0.0132. The molecule has 2 atom stereocenters.